The second kappa shape index (κ2) is 7.47. The van der Waals surface area contributed by atoms with Gasteiger partial charge in [-0.3, -0.25) is 4.90 Å². The van der Waals surface area contributed by atoms with Crippen LogP contribution < -0.4 is 4.90 Å². The minimum Gasteiger partial charge on any atom is -0.356 e. The van der Waals surface area contributed by atoms with Crippen molar-refractivity contribution >= 4 is 16.7 Å². The maximum absolute atomic E-state index is 5.03. The fourth-order valence-corrected chi connectivity index (χ4v) is 4.02. The fraction of sp³-hybridized carbons (Fsp3) is 0.600. The summed E-state index contributed by atoms with van der Waals surface area (Å²) < 4.78 is 0. The molecule has 2 aliphatic heterocycles. The van der Waals surface area contributed by atoms with Gasteiger partial charge in [0.15, 0.2) is 0 Å². The number of nitrogens with zero attached hydrogens (tertiary/aromatic N) is 4. The molecule has 0 unspecified atom stereocenters. The van der Waals surface area contributed by atoms with Crippen molar-refractivity contribution in [2.45, 2.75) is 51.5 Å². The average molecular weight is 324 g/mol. The Labute approximate surface area is 144 Å². The smallest absolute Gasteiger partial charge is 0.145 e. The van der Waals surface area contributed by atoms with E-state index in [2.05, 4.69) is 34.1 Å². The van der Waals surface area contributed by atoms with E-state index in [0.29, 0.717) is 0 Å². The number of aromatic nitrogens is 2. The van der Waals surface area contributed by atoms with Crippen LogP contribution in [0.5, 0.6) is 0 Å². The third-order valence-corrected chi connectivity index (χ3v) is 5.35. The zero-order valence-corrected chi connectivity index (χ0v) is 14.6. The van der Waals surface area contributed by atoms with Crippen LogP contribution in [0.25, 0.3) is 10.9 Å². The number of benzene rings is 1. The molecule has 1 aromatic carbocycles. The minimum atomic E-state index is 0.895. The lowest BCUT2D eigenvalue weighted by Gasteiger charge is -2.27. The van der Waals surface area contributed by atoms with Gasteiger partial charge in [0.05, 0.1) is 12.1 Å². The zero-order valence-electron chi connectivity index (χ0n) is 14.6. The van der Waals surface area contributed by atoms with Gasteiger partial charge < -0.3 is 4.90 Å². The average Bonchev–Trinajstić information content (AvgIpc) is 2.91. The number of hydrogen-bond acceptors (Lipinski definition) is 4. The van der Waals surface area contributed by atoms with Crippen molar-refractivity contribution in [1.82, 2.24) is 14.9 Å². The third-order valence-electron chi connectivity index (χ3n) is 5.35. The van der Waals surface area contributed by atoms with Crippen molar-refractivity contribution < 1.29 is 0 Å². The Hall–Kier alpha value is -1.68. The quantitative estimate of drug-likeness (QED) is 0.854. The standard InChI is InChI=1S/C20H28N4/c1-2-9-15-24(14-8-1)20-17-10-4-5-11-18(17)21-19(22-20)16-23-12-6-3-7-13-23/h4-5,10-11H,1-3,6-9,12-16H2. The van der Waals surface area contributed by atoms with Gasteiger partial charge in [-0.25, -0.2) is 9.97 Å². The molecule has 0 N–H and O–H groups in total. The van der Waals surface area contributed by atoms with Crippen LogP contribution in [0.4, 0.5) is 5.82 Å². The van der Waals surface area contributed by atoms with Gasteiger partial charge in [-0.1, -0.05) is 31.4 Å². The summed E-state index contributed by atoms with van der Waals surface area (Å²) in [6, 6.07) is 8.52. The van der Waals surface area contributed by atoms with Crippen molar-refractivity contribution in [3.8, 4) is 0 Å². The van der Waals surface area contributed by atoms with Crippen molar-refractivity contribution in [2.75, 3.05) is 31.1 Å². The first-order valence-corrected chi connectivity index (χ1v) is 9.63. The van der Waals surface area contributed by atoms with Crippen molar-refractivity contribution in [2.24, 2.45) is 0 Å². The Morgan fingerprint density at radius 2 is 1.42 bits per heavy atom. The summed E-state index contributed by atoms with van der Waals surface area (Å²) in [4.78, 5) is 14.9. The van der Waals surface area contributed by atoms with E-state index in [1.165, 1.54) is 63.4 Å². The van der Waals surface area contributed by atoms with E-state index >= 15 is 0 Å². The molecule has 3 heterocycles. The van der Waals surface area contributed by atoms with Gasteiger partial charge in [-0.15, -0.1) is 0 Å². The number of fused-ring (bicyclic) bond motifs is 1. The third kappa shape index (κ3) is 3.54. The topological polar surface area (TPSA) is 32.3 Å². The van der Waals surface area contributed by atoms with Crippen LogP contribution >= 0.6 is 0 Å². The summed E-state index contributed by atoms with van der Waals surface area (Å²) in [7, 11) is 0. The van der Waals surface area contributed by atoms with Crippen LogP contribution in [0.3, 0.4) is 0 Å². The number of rotatable bonds is 3. The van der Waals surface area contributed by atoms with E-state index in [4.69, 9.17) is 9.97 Å². The van der Waals surface area contributed by atoms with Crippen LogP contribution in [0.1, 0.15) is 50.8 Å². The first-order chi connectivity index (χ1) is 11.9. The SMILES string of the molecule is c1ccc2c(N3CCCCCC3)nc(CN3CCCCC3)nc2c1. The molecule has 4 heteroatoms. The van der Waals surface area contributed by atoms with E-state index in [-0.39, 0.29) is 0 Å². The number of anilines is 1. The van der Waals surface area contributed by atoms with E-state index in [1.54, 1.807) is 0 Å². The molecule has 4 rings (SSSR count). The summed E-state index contributed by atoms with van der Waals surface area (Å²) in [6.07, 6.45) is 9.24. The second-order valence-electron chi connectivity index (χ2n) is 7.22. The van der Waals surface area contributed by atoms with E-state index in [0.717, 1.165) is 36.8 Å². The van der Waals surface area contributed by atoms with Gasteiger partial charge in [-0.2, -0.15) is 0 Å². The maximum Gasteiger partial charge on any atom is 0.145 e. The molecule has 4 nitrogen and oxygen atoms in total. The van der Waals surface area contributed by atoms with Gasteiger partial charge in [0.1, 0.15) is 11.6 Å². The fourth-order valence-electron chi connectivity index (χ4n) is 4.02. The zero-order chi connectivity index (χ0) is 16.2. The molecule has 0 saturated carbocycles. The molecule has 0 aliphatic carbocycles. The van der Waals surface area contributed by atoms with Crippen LogP contribution in [0, 0.1) is 0 Å². The van der Waals surface area contributed by atoms with Crippen LogP contribution in [0.2, 0.25) is 0 Å². The normalized spacial score (nSPS) is 20.2. The predicted molar refractivity (Wildman–Crippen MR) is 99.3 cm³/mol. The van der Waals surface area contributed by atoms with E-state index < -0.39 is 0 Å². The Morgan fingerprint density at radius 3 is 2.21 bits per heavy atom. The van der Waals surface area contributed by atoms with E-state index in [9.17, 15) is 0 Å². The first-order valence-electron chi connectivity index (χ1n) is 9.63. The number of para-hydroxylation sites is 1. The Kier molecular flexibility index (Phi) is 4.93. The van der Waals surface area contributed by atoms with Gasteiger partial charge >= 0.3 is 0 Å². The first kappa shape index (κ1) is 15.8. The monoisotopic (exact) mass is 324 g/mol. The van der Waals surface area contributed by atoms with Crippen LogP contribution in [0.15, 0.2) is 24.3 Å². The van der Waals surface area contributed by atoms with E-state index in [1.807, 2.05) is 0 Å². The van der Waals surface area contributed by atoms with Crippen LogP contribution in [-0.4, -0.2) is 41.0 Å². The van der Waals surface area contributed by atoms with Crippen molar-refractivity contribution in [3.05, 3.63) is 30.1 Å². The molecule has 0 radical (unpaired) electrons. The lowest BCUT2D eigenvalue weighted by molar-refractivity contribution is 0.216. The summed E-state index contributed by atoms with van der Waals surface area (Å²) >= 11 is 0. The molecule has 0 amide bonds. The molecule has 24 heavy (non-hydrogen) atoms. The molecule has 0 atom stereocenters. The van der Waals surface area contributed by atoms with Crippen molar-refractivity contribution in [3.63, 3.8) is 0 Å². The molecule has 2 aliphatic rings. The summed E-state index contributed by atoms with van der Waals surface area (Å²) in [5.74, 6) is 2.16. The Bertz CT molecular complexity index is 670. The molecule has 0 spiro atoms. The Morgan fingerprint density at radius 1 is 0.750 bits per heavy atom. The summed E-state index contributed by atoms with van der Waals surface area (Å²) in [5.41, 5.74) is 1.10. The van der Waals surface area contributed by atoms with Gasteiger partial charge in [0, 0.05) is 18.5 Å². The van der Waals surface area contributed by atoms with Gasteiger partial charge in [0.25, 0.3) is 0 Å². The highest BCUT2D eigenvalue weighted by Gasteiger charge is 2.18. The lowest BCUT2D eigenvalue weighted by atomic mass is 10.1. The molecular formula is C20H28N4. The Balaban J connectivity index is 1.67. The largest absolute Gasteiger partial charge is 0.356 e. The molecule has 0 bridgehead atoms. The molecule has 2 fully saturated rings. The second-order valence-corrected chi connectivity index (χ2v) is 7.22. The highest BCUT2D eigenvalue weighted by atomic mass is 15.2. The minimum absolute atomic E-state index is 0.895. The predicted octanol–water partition coefficient (Wildman–Crippen LogP) is 4.00. The molecule has 1 aromatic heterocycles. The number of piperidine rings is 1. The molecule has 128 valence electrons. The van der Waals surface area contributed by atoms with Crippen LogP contribution in [-0.2, 0) is 6.54 Å². The summed E-state index contributed by atoms with van der Waals surface area (Å²) in [6.45, 7) is 5.53. The molecular weight excluding hydrogens is 296 g/mol. The molecule has 2 saturated heterocycles. The highest BCUT2D eigenvalue weighted by Crippen LogP contribution is 2.26. The van der Waals surface area contributed by atoms with Crippen molar-refractivity contribution in [1.29, 1.82) is 0 Å². The lowest BCUT2D eigenvalue weighted by Crippen LogP contribution is -2.31. The van der Waals surface area contributed by atoms with Gasteiger partial charge in [0.2, 0.25) is 0 Å². The molecule has 2 aromatic rings. The summed E-state index contributed by atoms with van der Waals surface area (Å²) in [5, 5.41) is 1.21. The number of hydrogen-bond donors (Lipinski definition) is 0. The van der Waals surface area contributed by atoms with Gasteiger partial charge in [-0.05, 0) is 50.9 Å². The highest BCUT2D eigenvalue weighted by molar-refractivity contribution is 5.89. The maximum atomic E-state index is 5.03. The number of likely N-dealkylation sites (tertiary alicyclic amines) is 1.